The van der Waals surface area contributed by atoms with Gasteiger partial charge >= 0.3 is 0 Å². The van der Waals surface area contributed by atoms with E-state index in [9.17, 15) is 4.79 Å². The predicted octanol–water partition coefficient (Wildman–Crippen LogP) is 1.25. The van der Waals surface area contributed by atoms with Crippen LogP contribution in [-0.2, 0) is 0 Å². The Labute approximate surface area is 73.8 Å². The molecule has 4 heteroatoms. The molecule has 2 aromatic rings. The summed E-state index contributed by atoms with van der Waals surface area (Å²) in [6, 6.07) is 5.18. The van der Waals surface area contributed by atoms with Crippen LogP contribution in [0.1, 0.15) is 15.9 Å². The quantitative estimate of drug-likeness (QED) is 0.656. The number of carbonyl (C=O) groups is 1. The number of hydrogen-bond donors (Lipinski definition) is 1. The average Bonchev–Trinajstić information content (AvgIpc) is 2.63. The minimum absolute atomic E-state index is 0.417. The van der Waals surface area contributed by atoms with Gasteiger partial charge in [0, 0.05) is 5.56 Å². The van der Waals surface area contributed by atoms with Gasteiger partial charge in [-0.15, -0.1) is 0 Å². The summed E-state index contributed by atoms with van der Waals surface area (Å²) in [6.07, 6.45) is 2.21. The van der Waals surface area contributed by atoms with Gasteiger partial charge in [0.2, 0.25) is 0 Å². The molecular formula is C9H5N3O. The molecule has 1 aromatic carbocycles. The lowest BCUT2D eigenvalue weighted by Gasteiger charge is -1.93. The van der Waals surface area contributed by atoms with Crippen molar-refractivity contribution in [1.82, 2.24) is 9.97 Å². The Morgan fingerprint density at radius 2 is 2.38 bits per heavy atom. The van der Waals surface area contributed by atoms with Gasteiger partial charge in [0.1, 0.15) is 17.9 Å². The van der Waals surface area contributed by atoms with E-state index in [-0.39, 0.29) is 0 Å². The molecule has 13 heavy (non-hydrogen) atoms. The number of H-pyrrole nitrogens is 1. The van der Waals surface area contributed by atoms with Crippen molar-refractivity contribution in [3.63, 3.8) is 0 Å². The molecule has 0 unspecified atom stereocenters. The molecule has 1 N–H and O–H groups in total. The highest BCUT2D eigenvalue weighted by Gasteiger charge is 2.04. The van der Waals surface area contributed by atoms with Gasteiger partial charge in [-0.25, -0.2) is 4.98 Å². The first-order valence-corrected chi connectivity index (χ1v) is 3.67. The minimum atomic E-state index is 0.417. The Balaban J connectivity index is 2.86. The fraction of sp³-hybridized carbons (Fsp3) is 0. The van der Waals surface area contributed by atoms with E-state index < -0.39 is 0 Å². The van der Waals surface area contributed by atoms with Crippen LogP contribution in [-0.4, -0.2) is 16.3 Å². The number of hydrogen-bond acceptors (Lipinski definition) is 3. The molecule has 0 bridgehead atoms. The lowest BCUT2D eigenvalue weighted by atomic mass is 10.1. The molecule has 1 aromatic heterocycles. The van der Waals surface area contributed by atoms with E-state index in [0.717, 1.165) is 0 Å². The summed E-state index contributed by atoms with van der Waals surface area (Å²) in [6.45, 7) is 0. The van der Waals surface area contributed by atoms with Crippen LogP contribution >= 0.6 is 0 Å². The number of aldehydes is 1. The van der Waals surface area contributed by atoms with E-state index in [0.29, 0.717) is 28.4 Å². The summed E-state index contributed by atoms with van der Waals surface area (Å²) in [4.78, 5) is 17.3. The third-order valence-electron chi connectivity index (χ3n) is 1.80. The van der Waals surface area contributed by atoms with Gasteiger partial charge in [-0.3, -0.25) is 4.79 Å². The molecule has 1 heterocycles. The first kappa shape index (κ1) is 7.50. The van der Waals surface area contributed by atoms with Crippen LogP contribution in [0.25, 0.3) is 11.0 Å². The van der Waals surface area contributed by atoms with Crippen molar-refractivity contribution in [1.29, 1.82) is 5.26 Å². The number of nitrogens with one attached hydrogen (secondary N) is 1. The zero-order chi connectivity index (χ0) is 9.26. The number of rotatable bonds is 1. The second-order valence-corrected chi connectivity index (χ2v) is 2.60. The molecule has 0 saturated carbocycles. The number of imidazole rings is 1. The molecular weight excluding hydrogens is 166 g/mol. The normalized spacial score (nSPS) is 9.77. The Morgan fingerprint density at radius 1 is 1.54 bits per heavy atom. The van der Waals surface area contributed by atoms with Crippen LogP contribution in [0.3, 0.4) is 0 Å². The second kappa shape index (κ2) is 2.72. The van der Waals surface area contributed by atoms with E-state index in [2.05, 4.69) is 9.97 Å². The summed E-state index contributed by atoms with van der Waals surface area (Å²) in [5.41, 5.74) is 2.21. The molecule has 0 aliphatic carbocycles. The van der Waals surface area contributed by atoms with E-state index >= 15 is 0 Å². The van der Waals surface area contributed by atoms with Crippen molar-refractivity contribution in [2.75, 3.05) is 0 Å². The summed E-state index contributed by atoms with van der Waals surface area (Å²) in [7, 11) is 0. The van der Waals surface area contributed by atoms with E-state index in [4.69, 9.17) is 5.26 Å². The number of nitrogens with zero attached hydrogens (tertiary/aromatic N) is 2. The molecule has 0 atom stereocenters. The molecule has 0 amide bonds. The van der Waals surface area contributed by atoms with Crippen LogP contribution in [0.4, 0.5) is 0 Å². The summed E-state index contributed by atoms with van der Waals surface area (Å²) >= 11 is 0. The van der Waals surface area contributed by atoms with Crippen LogP contribution in [0, 0.1) is 11.3 Å². The standard InChI is InChI=1S/C9H5N3O/c10-3-7-1-6(4-13)2-8-9(7)12-5-11-8/h1-2,4-5H,(H,11,12). The largest absolute Gasteiger partial charge is 0.345 e. The third-order valence-corrected chi connectivity index (χ3v) is 1.80. The Kier molecular flexibility index (Phi) is 1.57. The average molecular weight is 171 g/mol. The first-order chi connectivity index (χ1) is 6.35. The number of benzene rings is 1. The maximum atomic E-state index is 10.5. The van der Waals surface area contributed by atoms with Crippen molar-refractivity contribution in [3.8, 4) is 6.07 Å². The lowest BCUT2D eigenvalue weighted by molar-refractivity contribution is 0.112. The van der Waals surface area contributed by atoms with Crippen LogP contribution in [0.2, 0.25) is 0 Å². The number of carbonyl (C=O) groups excluding carboxylic acids is 1. The highest BCUT2D eigenvalue weighted by atomic mass is 16.1. The number of aromatic nitrogens is 2. The van der Waals surface area contributed by atoms with Crippen molar-refractivity contribution < 1.29 is 4.79 Å². The molecule has 0 saturated heterocycles. The van der Waals surface area contributed by atoms with Crippen LogP contribution < -0.4 is 0 Å². The van der Waals surface area contributed by atoms with Crippen molar-refractivity contribution in [3.05, 3.63) is 29.6 Å². The van der Waals surface area contributed by atoms with Gasteiger partial charge in [-0.05, 0) is 12.1 Å². The van der Waals surface area contributed by atoms with Crippen molar-refractivity contribution >= 4 is 17.3 Å². The molecule has 0 aliphatic rings. The van der Waals surface area contributed by atoms with Gasteiger partial charge in [0.05, 0.1) is 17.4 Å². The Morgan fingerprint density at radius 3 is 3.08 bits per heavy atom. The summed E-state index contributed by atoms with van der Waals surface area (Å²) < 4.78 is 0. The monoisotopic (exact) mass is 171 g/mol. The fourth-order valence-electron chi connectivity index (χ4n) is 1.23. The van der Waals surface area contributed by atoms with Gasteiger partial charge in [-0.2, -0.15) is 5.26 Å². The van der Waals surface area contributed by atoms with E-state index in [1.165, 1.54) is 12.4 Å². The molecule has 0 spiro atoms. The zero-order valence-electron chi connectivity index (χ0n) is 6.61. The van der Waals surface area contributed by atoms with E-state index in [1.807, 2.05) is 6.07 Å². The molecule has 4 nitrogen and oxygen atoms in total. The van der Waals surface area contributed by atoms with Gasteiger partial charge < -0.3 is 4.98 Å². The number of aromatic amines is 1. The number of fused-ring (bicyclic) bond motifs is 1. The van der Waals surface area contributed by atoms with E-state index in [1.54, 1.807) is 6.07 Å². The Bertz CT molecular complexity index is 507. The SMILES string of the molecule is N#Cc1cc(C=O)cc2[nH]cnc12. The maximum Gasteiger partial charge on any atom is 0.150 e. The molecule has 0 aliphatic heterocycles. The molecule has 62 valence electrons. The summed E-state index contributed by atoms with van der Waals surface area (Å²) in [5, 5.41) is 8.75. The first-order valence-electron chi connectivity index (χ1n) is 3.67. The molecule has 2 rings (SSSR count). The maximum absolute atomic E-state index is 10.5. The number of nitriles is 1. The van der Waals surface area contributed by atoms with Gasteiger partial charge in [0.25, 0.3) is 0 Å². The third kappa shape index (κ3) is 1.07. The topological polar surface area (TPSA) is 69.5 Å². The van der Waals surface area contributed by atoms with Crippen molar-refractivity contribution in [2.45, 2.75) is 0 Å². The van der Waals surface area contributed by atoms with Crippen LogP contribution in [0.15, 0.2) is 18.5 Å². The van der Waals surface area contributed by atoms with Crippen molar-refractivity contribution in [2.24, 2.45) is 0 Å². The lowest BCUT2D eigenvalue weighted by Crippen LogP contribution is -1.84. The molecule has 0 fully saturated rings. The zero-order valence-corrected chi connectivity index (χ0v) is 6.61. The van der Waals surface area contributed by atoms with Gasteiger partial charge in [0.15, 0.2) is 0 Å². The highest BCUT2D eigenvalue weighted by molar-refractivity contribution is 5.88. The summed E-state index contributed by atoms with van der Waals surface area (Å²) in [5.74, 6) is 0. The van der Waals surface area contributed by atoms with Gasteiger partial charge in [-0.1, -0.05) is 0 Å². The van der Waals surface area contributed by atoms with Crippen LogP contribution in [0.5, 0.6) is 0 Å². The predicted molar refractivity (Wildman–Crippen MR) is 46.2 cm³/mol. The highest BCUT2D eigenvalue weighted by Crippen LogP contribution is 2.15. The fourth-order valence-corrected chi connectivity index (χ4v) is 1.23. The smallest absolute Gasteiger partial charge is 0.150 e. The second-order valence-electron chi connectivity index (χ2n) is 2.60. The minimum Gasteiger partial charge on any atom is -0.345 e. The Hall–Kier alpha value is -2.15. The molecule has 0 radical (unpaired) electrons.